The van der Waals surface area contributed by atoms with E-state index < -0.39 is 11.8 Å². The summed E-state index contributed by atoms with van der Waals surface area (Å²) in [6.45, 7) is 8.17. The first kappa shape index (κ1) is 21.3. The lowest BCUT2D eigenvalue weighted by Gasteiger charge is -2.15. The van der Waals surface area contributed by atoms with E-state index in [1.165, 1.54) is 17.3 Å². The smallest absolute Gasteiger partial charge is 0.318 e. The highest BCUT2D eigenvalue weighted by Crippen LogP contribution is 2.25. The van der Waals surface area contributed by atoms with Crippen LogP contribution in [0.1, 0.15) is 28.1 Å². The lowest BCUT2D eigenvalue weighted by atomic mass is 10.1. The fourth-order valence-corrected chi connectivity index (χ4v) is 3.58. The van der Waals surface area contributed by atoms with Crippen molar-refractivity contribution < 1.29 is 9.59 Å². The van der Waals surface area contributed by atoms with Gasteiger partial charge in [-0.3, -0.25) is 9.59 Å². The minimum absolute atomic E-state index is 0.434. The second-order valence-electron chi connectivity index (χ2n) is 7.07. The van der Waals surface area contributed by atoms with Gasteiger partial charge in [0, 0.05) is 27.7 Å². The highest BCUT2D eigenvalue weighted by atomic mass is 35.5. The van der Waals surface area contributed by atoms with Gasteiger partial charge in [-0.1, -0.05) is 35.9 Å². The molecule has 0 atom stereocenters. The van der Waals surface area contributed by atoms with E-state index in [0.29, 0.717) is 10.7 Å². The zero-order valence-electron chi connectivity index (χ0n) is 17.3. The molecule has 0 aliphatic carbocycles. The van der Waals surface area contributed by atoms with Crippen LogP contribution in [0.25, 0.3) is 5.69 Å². The molecule has 2 N–H and O–H groups in total. The van der Waals surface area contributed by atoms with Gasteiger partial charge in [-0.15, -0.1) is 0 Å². The summed E-state index contributed by atoms with van der Waals surface area (Å²) in [7, 11) is 0. The Bertz CT molecular complexity index is 1130. The van der Waals surface area contributed by atoms with E-state index in [1.54, 1.807) is 24.3 Å². The highest BCUT2D eigenvalue weighted by molar-refractivity contribution is 6.39. The van der Waals surface area contributed by atoms with Crippen LogP contribution in [0.5, 0.6) is 0 Å². The largest absolute Gasteiger partial charge is 0.329 e. The third-order valence-electron chi connectivity index (χ3n) is 4.79. The second-order valence-corrected chi connectivity index (χ2v) is 7.50. The quantitative estimate of drug-likeness (QED) is 0.370. The van der Waals surface area contributed by atoms with Crippen LogP contribution in [0.3, 0.4) is 0 Å². The van der Waals surface area contributed by atoms with Crippen LogP contribution in [0.2, 0.25) is 5.02 Å². The summed E-state index contributed by atoms with van der Waals surface area (Å²) in [5, 5.41) is 6.89. The van der Waals surface area contributed by atoms with Gasteiger partial charge in [0.05, 0.1) is 11.9 Å². The molecule has 2 amide bonds. The Hall–Kier alpha value is -3.38. The number of nitrogens with zero attached hydrogens (tertiary/aromatic N) is 2. The molecule has 154 valence electrons. The minimum Gasteiger partial charge on any atom is -0.318 e. The molecule has 30 heavy (non-hydrogen) atoms. The maximum atomic E-state index is 12.0. The summed E-state index contributed by atoms with van der Waals surface area (Å²) in [4.78, 5) is 24.0. The summed E-state index contributed by atoms with van der Waals surface area (Å²) in [5.41, 5.74) is 9.07. The summed E-state index contributed by atoms with van der Waals surface area (Å²) in [6.07, 6.45) is 1.54. The van der Waals surface area contributed by atoms with E-state index in [0.717, 1.165) is 22.6 Å². The Morgan fingerprint density at radius 3 is 2.30 bits per heavy atom. The lowest BCUT2D eigenvalue weighted by Crippen LogP contribution is -2.32. The first-order valence-electron chi connectivity index (χ1n) is 9.43. The van der Waals surface area contributed by atoms with Gasteiger partial charge >= 0.3 is 11.8 Å². The number of benzene rings is 2. The number of halogens is 1. The molecule has 0 radical (unpaired) electrons. The van der Waals surface area contributed by atoms with Crippen molar-refractivity contribution in [2.24, 2.45) is 5.10 Å². The Balaban J connectivity index is 1.72. The lowest BCUT2D eigenvalue weighted by molar-refractivity contribution is -0.136. The minimum atomic E-state index is -0.866. The first-order valence-corrected chi connectivity index (χ1v) is 9.81. The molecule has 0 unspecified atom stereocenters. The molecule has 0 saturated carbocycles. The Morgan fingerprint density at radius 1 is 0.967 bits per heavy atom. The van der Waals surface area contributed by atoms with Crippen LogP contribution in [-0.4, -0.2) is 22.6 Å². The van der Waals surface area contributed by atoms with Crippen LogP contribution < -0.4 is 10.7 Å². The molecular formula is C23H23ClN4O2. The topological polar surface area (TPSA) is 75.5 Å². The van der Waals surface area contributed by atoms with E-state index in [-0.39, 0.29) is 0 Å². The summed E-state index contributed by atoms with van der Waals surface area (Å²) >= 11 is 5.88. The van der Waals surface area contributed by atoms with Crippen LogP contribution in [-0.2, 0) is 9.59 Å². The van der Waals surface area contributed by atoms with Crippen molar-refractivity contribution in [3.05, 3.63) is 81.6 Å². The maximum Gasteiger partial charge on any atom is 0.329 e. The summed E-state index contributed by atoms with van der Waals surface area (Å²) in [5.74, 6) is -1.69. The molecule has 2 aromatic carbocycles. The number of hydrogen-bond donors (Lipinski definition) is 2. The average molecular weight is 423 g/mol. The molecule has 6 nitrogen and oxygen atoms in total. The van der Waals surface area contributed by atoms with Crippen molar-refractivity contribution >= 4 is 35.3 Å². The third kappa shape index (κ3) is 4.60. The zero-order chi connectivity index (χ0) is 21.8. The Labute approximate surface area is 180 Å². The van der Waals surface area contributed by atoms with Crippen LogP contribution >= 0.6 is 11.6 Å². The Kier molecular flexibility index (Phi) is 6.37. The normalized spacial score (nSPS) is 11.0. The number of hydrazone groups is 1. The van der Waals surface area contributed by atoms with E-state index in [2.05, 4.69) is 46.4 Å². The summed E-state index contributed by atoms with van der Waals surface area (Å²) in [6, 6.07) is 14.7. The standard InChI is InChI=1S/C23H23ClN4O2/c1-14-7-5-8-15(2)21(14)28-16(3)11-18(17(28)4)13-25-27-23(30)22(29)26-20-10-6-9-19(24)12-20/h5-13H,1-4H3,(H,26,29)(H,27,30)/b25-13-. The molecule has 7 heteroatoms. The van der Waals surface area contributed by atoms with E-state index in [4.69, 9.17) is 11.6 Å². The van der Waals surface area contributed by atoms with Gasteiger partial charge in [0.1, 0.15) is 0 Å². The first-order chi connectivity index (χ1) is 14.3. The maximum absolute atomic E-state index is 12.0. The molecule has 1 aromatic heterocycles. The van der Waals surface area contributed by atoms with Crippen molar-refractivity contribution in [3.63, 3.8) is 0 Å². The fourth-order valence-electron chi connectivity index (χ4n) is 3.39. The van der Waals surface area contributed by atoms with Crippen molar-refractivity contribution in [3.8, 4) is 5.69 Å². The van der Waals surface area contributed by atoms with Crippen LogP contribution in [0.4, 0.5) is 5.69 Å². The second kappa shape index (κ2) is 8.97. The molecule has 0 aliphatic rings. The average Bonchev–Trinajstić information content (AvgIpc) is 2.95. The monoisotopic (exact) mass is 422 g/mol. The predicted octanol–water partition coefficient (Wildman–Crippen LogP) is 4.45. The molecule has 0 spiro atoms. The van der Waals surface area contributed by atoms with Gasteiger partial charge in [0.25, 0.3) is 0 Å². The van der Waals surface area contributed by atoms with Gasteiger partial charge < -0.3 is 9.88 Å². The number of amides is 2. The number of para-hydroxylation sites is 1. The van der Waals surface area contributed by atoms with Crippen molar-refractivity contribution in [1.29, 1.82) is 0 Å². The van der Waals surface area contributed by atoms with Gasteiger partial charge in [0.15, 0.2) is 0 Å². The van der Waals surface area contributed by atoms with E-state index in [9.17, 15) is 9.59 Å². The van der Waals surface area contributed by atoms with E-state index >= 15 is 0 Å². The van der Waals surface area contributed by atoms with Gasteiger partial charge in [-0.25, -0.2) is 5.43 Å². The SMILES string of the molecule is Cc1cccc(C)c1-n1c(C)cc(/C=N\NC(=O)C(=O)Nc2cccc(Cl)c2)c1C. The number of rotatable bonds is 4. The number of carbonyl (C=O) groups excluding carboxylic acids is 2. The van der Waals surface area contributed by atoms with E-state index in [1.807, 2.05) is 26.0 Å². The van der Waals surface area contributed by atoms with Gasteiger partial charge in [0.2, 0.25) is 0 Å². The fraction of sp³-hybridized carbons (Fsp3) is 0.174. The van der Waals surface area contributed by atoms with Gasteiger partial charge in [-0.05, 0) is 63.1 Å². The number of aromatic nitrogens is 1. The zero-order valence-corrected chi connectivity index (χ0v) is 18.0. The molecule has 3 aromatic rings. The summed E-state index contributed by atoms with van der Waals surface area (Å²) < 4.78 is 2.17. The molecule has 0 bridgehead atoms. The number of nitrogens with one attached hydrogen (secondary N) is 2. The van der Waals surface area contributed by atoms with Crippen LogP contribution in [0.15, 0.2) is 53.6 Å². The molecule has 0 saturated heterocycles. The number of aryl methyl sites for hydroxylation is 3. The predicted molar refractivity (Wildman–Crippen MR) is 121 cm³/mol. The Morgan fingerprint density at radius 2 is 1.63 bits per heavy atom. The molecule has 0 fully saturated rings. The molecular weight excluding hydrogens is 400 g/mol. The van der Waals surface area contributed by atoms with Crippen molar-refractivity contribution in [2.45, 2.75) is 27.7 Å². The molecule has 0 aliphatic heterocycles. The number of anilines is 1. The number of hydrogen-bond acceptors (Lipinski definition) is 3. The number of carbonyl (C=O) groups is 2. The van der Waals surface area contributed by atoms with Crippen LogP contribution in [0, 0.1) is 27.7 Å². The molecule has 1 heterocycles. The third-order valence-corrected chi connectivity index (χ3v) is 5.03. The van der Waals surface area contributed by atoms with Gasteiger partial charge in [-0.2, -0.15) is 5.10 Å². The van der Waals surface area contributed by atoms with Crippen molar-refractivity contribution in [2.75, 3.05) is 5.32 Å². The highest BCUT2D eigenvalue weighted by Gasteiger charge is 2.15. The molecule has 3 rings (SSSR count). The van der Waals surface area contributed by atoms with Crippen molar-refractivity contribution in [1.82, 2.24) is 9.99 Å².